The second kappa shape index (κ2) is 6.40. The van der Waals surface area contributed by atoms with Crippen molar-refractivity contribution in [3.05, 3.63) is 35.4 Å². The average Bonchev–Trinajstić information content (AvgIpc) is 2.72. The fourth-order valence-electron chi connectivity index (χ4n) is 3.03. The standard InChI is InChI=1S/C17H25NO2/c1-12(2)8-14-4-6-15(7-5-14)10-18-9-13(3)16(11-18)17(19)20/h4-7,12-13,16H,8-11H2,1-3H3,(H,19,20). The molecule has 0 aromatic heterocycles. The van der Waals surface area contributed by atoms with Gasteiger partial charge in [-0.2, -0.15) is 0 Å². The van der Waals surface area contributed by atoms with E-state index >= 15 is 0 Å². The summed E-state index contributed by atoms with van der Waals surface area (Å²) in [5.41, 5.74) is 2.65. The van der Waals surface area contributed by atoms with E-state index in [9.17, 15) is 4.79 Å². The van der Waals surface area contributed by atoms with Crippen LogP contribution in [-0.4, -0.2) is 29.1 Å². The monoisotopic (exact) mass is 275 g/mol. The van der Waals surface area contributed by atoms with Gasteiger partial charge < -0.3 is 5.11 Å². The van der Waals surface area contributed by atoms with Crippen LogP contribution in [0.4, 0.5) is 0 Å². The molecule has 0 amide bonds. The van der Waals surface area contributed by atoms with E-state index in [0.29, 0.717) is 12.5 Å². The molecule has 1 heterocycles. The molecule has 3 nitrogen and oxygen atoms in total. The molecular weight excluding hydrogens is 250 g/mol. The van der Waals surface area contributed by atoms with E-state index < -0.39 is 5.97 Å². The van der Waals surface area contributed by atoms with Crippen molar-refractivity contribution in [1.82, 2.24) is 4.90 Å². The Bertz CT molecular complexity index is 453. The van der Waals surface area contributed by atoms with Crippen LogP contribution >= 0.6 is 0 Å². The number of hydrogen-bond donors (Lipinski definition) is 1. The maximum atomic E-state index is 11.1. The number of carboxylic acid groups (broad SMARTS) is 1. The third kappa shape index (κ3) is 3.83. The average molecular weight is 275 g/mol. The first-order valence-electron chi connectivity index (χ1n) is 7.48. The largest absolute Gasteiger partial charge is 0.481 e. The van der Waals surface area contributed by atoms with Gasteiger partial charge in [0.25, 0.3) is 0 Å². The third-order valence-corrected chi connectivity index (χ3v) is 4.08. The molecule has 1 aliphatic rings. The predicted octanol–water partition coefficient (Wildman–Crippen LogP) is 3.04. The maximum absolute atomic E-state index is 11.1. The van der Waals surface area contributed by atoms with Crippen LogP contribution < -0.4 is 0 Å². The smallest absolute Gasteiger partial charge is 0.308 e. The highest BCUT2D eigenvalue weighted by atomic mass is 16.4. The third-order valence-electron chi connectivity index (χ3n) is 4.08. The summed E-state index contributed by atoms with van der Waals surface area (Å²) in [5.74, 6) is 0.0480. The molecule has 0 aliphatic carbocycles. The van der Waals surface area contributed by atoms with Crippen LogP contribution in [0.5, 0.6) is 0 Å². The Balaban J connectivity index is 1.92. The summed E-state index contributed by atoms with van der Waals surface area (Å²) in [5, 5.41) is 9.16. The van der Waals surface area contributed by atoms with Crippen molar-refractivity contribution in [1.29, 1.82) is 0 Å². The zero-order valence-electron chi connectivity index (χ0n) is 12.7. The minimum absolute atomic E-state index is 0.213. The van der Waals surface area contributed by atoms with E-state index in [1.165, 1.54) is 11.1 Å². The van der Waals surface area contributed by atoms with Gasteiger partial charge in [-0.3, -0.25) is 9.69 Å². The first-order chi connectivity index (χ1) is 9.45. The Morgan fingerprint density at radius 3 is 2.35 bits per heavy atom. The Hall–Kier alpha value is -1.35. The van der Waals surface area contributed by atoms with Crippen LogP contribution in [0, 0.1) is 17.8 Å². The molecule has 1 N–H and O–H groups in total. The summed E-state index contributed by atoms with van der Waals surface area (Å²) in [7, 11) is 0. The van der Waals surface area contributed by atoms with Gasteiger partial charge >= 0.3 is 5.97 Å². The van der Waals surface area contributed by atoms with E-state index in [1.807, 2.05) is 6.92 Å². The first kappa shape index (κ1) is 15.0. The van der Waals surface area contributed by atoms with Crippen molar-refractivity contribution in [2.75, 3.05) is 13.1 Å². The molecule has 2 unspecified atom stereocenters. The molecule has 0 saturated carbocycles. The summed E-state index contributed by atoms with van der Waals surface area (Å²) < 4.78 is 0. The van der Waals surface area contributed by atoms with Crippen molar-refractivity contribution in [3.8, 4) is 0 Å². The maximum Gasteiger partial charge on any atom is 0.308 e. The van der Waals surface area contributed by atoms with Crippen LogP contribution in [-0.2, 0) is 17.8 Å². The second-order valence-corrected chi connectivity index (χ2v) is 6.53. The van der Waals surface area contributed by atoms with Crippen LogP contribution in [0.15, 0.2) is 24.3 Å². The van der Waals surface area contributed by atoms with Gasteiger partial charge in [0.2, 0.25) is 0 Å². The number of hydrogen-bond acceptors (Lipinski definition) is 2. The van der Waals surface area contributed by atoms with Gasteiger partial charge in [-0.25, -0.2) is 0 Å². The lowest BCUT2D eigenvalue weighted by Crippen LogP contribution is -2.23. The quantitative estimate of drug-likeness (QED) is 0.898. The van der Waals surface area contributed by atoms with Crippen molar-refractivity contribution in [2.45, 2.75) is 33.7 Å². The van der Waals surface area contributed by atoms with Gasteiger partial charge in [-0.15, -0.1) is 0 Å². The Morgan fingerprint density at radius 1 is 1.25 bits per heavy atom. The van der Waals surface area contributed by atoms with Crippen molar-refractivity contribution in [3.63, 3.8) is 0 Å². The molecule has 1 aromatic carbocycles. The lowest BCUT2D eigenvalue weighted by atomic mass is 9.99. The first-order valence-corrected chi connectivity index (χ1v) is 7.48. The SMILES string of the molecule is CC(C)Cc1ccc(CN2CC(C)C(C(=O)O)C2)cc1. The molecule has 0 radical (unpaired) electrons. The molecule has 1 aliphatic heterocycles. The molecule has 1 fully saturated rings. The van der Waals surface area contributed by atoms with Gasteiger partial charge in [0.05, 0.1) is 5.92 Å². The molecule has 0 bridgehead atoms. The molecule has 1 aromatic rings. The Morgan fingerprint density at radius 2 is 1.85 bits per heavy atom. The Kier molecular flexibility index (Phi) is 4.81. The predicted molar refractivity (Wildman–Crippen MR) is 80.6 cm³/mol. The summed E-state index contributed by atoms with van der Waals surface area (Å²) in [4.78, 5) is 13.4. The number of carboxylic acids is 1. The van der Waals surface area contributed by atoms with Gasteiger partial charge in [0, 0.05) is 19.6 Å². The molecule has 20 heavy (non-hydrogen) atoms. The minimum Gasteiger partial charge on any atom is -0.481 e. The van der Waals surface area contributed by atoms with Crippen molar-refractivity contribution in [2.24, 2.45) is 17.8 Å². The van der Waals surface area contributed by atoms with Crippen LogP contribution in [0.2, 0.25) is 0 Å². The zero-order chi connectivity index (χ0) is 14.7. The van der Waals surface area contributed by atoms with E-state index in [0.717, 1.165) is 19.5 Å². The topological polar surface area (TPSA) is 40.5 Å². The fourth-order valence-corrected chi connectivity index (χ4v) is 3.03. The van der Waals surface area contributed by atoms with Gasteiger partial charge in [-0.1, -0.05) is 45.0 Å². The molecule has 0 spiro atoms. The molecule has 110 valence electrons. The van der Waals surface area contributed by atoms with E-state index in [1.54, 1.807) is 0 Å². The lowest BCUT2D eigenvalue weighted by Gasteiger charge is -2.15. The molecular formula is C17H25NO2. The van der Waals surface area contributed by atoms with E-state index in [4.69, 9.17) is 5.11 Å². The minimum atomic E-state index is -0.660. The number of aliphatic carboxylic acids is 1. The fraction of sp³-hybridized carbons (Fsp3) is 0.588. The second-order valence-electron chi connectivity index (χ2n) is 6.53. The summed E-state index contributed by atoms with van der Waals surface area (Å²) in [6.07, 6.45) is 1.11. The van der Waals surface area contributed by atoms with E-state index in [2.05, 4.69) is 43.0 Å². The number of rotatable bonds is 5. The van der Waals surface area contributed by atoms with Crippen LogP contribution in [0.1, 0.15) is 31.9 Å². The highest BCUT2D eigenvalue weighted by molar-refractivity contribution is 5.71. The van der Waals surface area contributed by atoms with Crippen LogP contribution in [0.25, 0.3) is 0 Å². The Labute approximate surface area is 121 Å². The number of carbonyl (C=O) groups is 1. The van der Waals surface area contributed by atoms with Gasteiger partial charge in [-0.05, 0) is 29.4 Å². The van der Waals surface area contributed by atoms with Crippen molar-refractivity contribution >= 4 is 5.97 Å². The number of benzene rings is 1. The highest BCUT2D eigenvalue weighted by Crippen LogP contribution is 2.24. The molecule has 2 rings (SSSR count). The van der Waals surface area contributed by atoms with Crippen LogP contribution in [0.3, 0.4) is 0 Å². The molecule has 3 heteroatoms. The van der Waals surface area contributed by atoms with Gasteiger partial charge in [0.1, 0.15) is 0 Å². The van der Waals surface area contributed by atoms with E-state index in [-0.39, 0.29) is 11.8 Å². The number of nitrogens with zero attached hydrogens (tertiary/aromatic N) is 1. The lowest BCUT2D eigenvalue weighted by molar-refractivity contribution is -0.142. The summed E-state index contributed by atoms with van der Waals surface area (Å²) in [6, 6.07) is 8.75. The van der Waals surface area contributed by atoms with Crippen molar-refractivity contribution < 1.29 is 9.90 Å². The molecule has 2 atom stereocenters. The normalized spacial score (nSPS) is 23.4. The number of likely N-dealkylation sites (tertiary alicyclic amines) is 1. The zero-order valence-corrected chi connectivity index (χ0v) is 12.7. The summed E-state index contributed by atoms with van der Waals surface area (Å²) in [6.45, 7) is 8.90. The molecule has 1 saturated heterocycles. The van der Waals surface area contributed by atoms with Gasteiger partial charge in [0.15, 0.2) is 0 Å². The highest BCUT2D eigenvalue weighted by Gasteiger charge is 2.34. The summed E-state index contributed by atoms with van der Waals surface area (Å²) >= 11 is 0.